The number of pyridine rings is 1. The monoisotopic (exact) mass is 369 g/mol. The lowest BCUT2D eigenvalue weighted by atomic mass is 10.2. The smallest absolute Gasteiger partial charge is 0.290 e. The summed E-state index contributed by atoms with van der Waals surface area (Å²) in [6, 6.07) is 12.2. The Morgan fingerprint density at radius 3 is 2.65 bits per heavy atom. The van der Waals surface area contributed by atoms with E-state index in [0.29, 0.717) is 16.5 Å². The van der Waals surface area contributed by atoms with E-state index in [0.717, 1.165) is 23.0 Å². The van der Waals surface area contributed by atoms with Crippen LogP contribution in [-0.4, -0.2) is 28.6 Å². The van der Waals surface area contributed by atoms with Gasteiger partial charge in [-0.3, -0.25) is 19.7 Å². The number of carbonyl (C=O) groups excluding carboxylic acids is 3. The zero-order chi connectivity index (χ0) is 18.5. The molecule has 1 saturated heterocycles. The van der Waals surface area contributed by atoms with Crippen LogP contribution in [0.3, 0.4) is 0 Å². The first kappa shape index (κ1) is 17.7. The third kappa shape index (κ3) is 4.70. The topological polar surface area (TPSA) is 97.4 Å². The standard InChI is InChI=1S/C18H15N3O4S/c1-11-3-2-4-15(19-11)20-16(22)10-25-13-7-5-12(6-8-13)9-14-17(23)21-18(24)26-14/h2-9H,10H2,1H3,(H,19,20,22)(H,21,23,24)/b14-9-. The number of thioether (sulfide) groups is 1. The van der Waals surface area contributed by atoms with Crippen molar-refractivity contribution in [1.29, 1.82) is 0 Å². The number of aryl methyl sites for hydroxylation is 1. The normalized spacial score (nSPS) is 15.0. The highest BCUT2D eigenvalue weighted by molar-refractivity contribution is 8.18. The number of carbonyl (C=O) groups is 3. The number of rotatable bonds is 5. The van der Waals surface area contributed by atoms with Crippen LogP contribution in [0.5, 0.6) is 5.75 Å². The quantitative estimate of drug-likeness (QED) is 0.787. The minimum Gasteiger partial charge on any atom is -0.484 e. The Labute approximate surface area is 153 Å². The molecule has 3 amide bonds. The van der Waals surface area contributed by atoms with Crippen molar-refractivity contribution in [2.45, 2.75) is 6.92 Å². The number of hydrogen-bond acceptors (Lipinski definition) is 6. The van der Waals surface area contributed by atoms with E-state index in [1.165, 1.54) is 0 Å². The highest BCUT2D eigenvalue weighted by Gasteiger charge is 2.24. The molecule has 0 radical (unpaired) electrons. The van der Waals surface area contributed by atoms with Crippen molar-refractivity contribution >= 4 is 40.7 Å². The van der Waals surface area contributed by atoms with E-state index in [4.69, 9.17) is 4.74 Å². The maximum atomic E-state index is 11.9. The highest BCUT2D eigenvalue weighted by Crippen LogP contribution is 2.26. The average molecular weight is 369 g/mol. The van der Waals surface area contributed by atoms with Crippen LogP contribution in [0.15, 0.2) is 47.4 Å². The van der Waals surface area contributed by atoms with Crippen LogP contribution < -0.4 is 15.4 Å². The molecular weight excluding hydrogens is 354 g/mol. The Morgan fingerprint density at radius 2 is 2.00 bits per heavy atom. The molecule has 8 heteroatoms. The second-order valence-corrected chi connectivity index (χ2v) is 6.44. The van der Waals surface area contributed by atoms with Gasteiger partial charge >= 0.3 is 0 Å². The lowest BCUT2D eigenvalue weighted by Gasteiger charge is -2.07. The zero-order valence-corrected chi connectivity index (χ0v) is 14.6. The molecule has 2 N–H and O–H groups in total. The number of nitrogens with zero attached hydrogens (tertiary/aromatic N) is 1. The van der Waals surface area contributed by atoms with Crippen LogP contribution in [-0.2, 0) is 9.59 Å². The van der Waals surface area contributed by atoms with E-state index < -0.39 is 5.91 Å². The fraction of sp³-hybridized carbons (Fsp3) is 0.111. The van der Waals surface area contributed by atoms with Gasteiger partial charge in [-0.1, -0.05) is 18.2 Å². The van der Waals surface area contributed by atoms with Crippen molar-refractivity contribution in [2.24, 2.45) is 0 Å². The van der Waals surface area contributed by atoms with Gasteiger partial charge in [0.15, 0.2) is 6.61 Å². The van der Waals surface area contributed by atoms with Crippen molar-refractivity contribution in [1.82, 2.24) is 10.3 Å². The van der Waals surface area contributed by atoms with E-state index in [1.54, 1.807) is 36.4 Å². The molecule has 0 atom stereocenters. The van der Waals surface area contributed by atoms with E-state index in [1.807, 2.05) is 19.1 Å². The lowest BCUT2D eigenvalue weighted by molar-refractivity contribution is -0.118. The molecule has 2 heterocycles. The summed E-state index contributed by atoms with van der Waals surface area (Å²) in [6.45, 7) is 1.69. The third-order valence-electron chi connectivity index (χ3n) is 3.35. The molecule has 1 aliphatic rings. The van der Waals surface area contributed by atoms with Gasteiger partial charge in [0, 0.05) is 5.69 Å². The van der Waals surface area contributed by atoms with Gasteiger partial charge < -0.3 is 10.1 Å². The van der Waals surface area contributed by atoms with Gasteiger partial charge in [0.25, 0.3) is 17.1 Å². The molecule has 1 aromatic heterocycles. The van der Waals surface area contributed by atoms with Gasteiger partial charge in [0.05, 0.1) is 4.91 Å². The van der Waals surface area contributed by atoms with Crippen molar-refractivity contribution in [3.8, 4) is 5.75 Å². The predicted molar refractivity (Wildman–Crippen MR) is 98.6 cm³/mol. The Balaban J connectivity index is 1.54. The number of imide groups is 1. The van der Waals surface area contributed by atoms with Gasteiger partial charge in [-0.05, 0) is 54.6 Å². The summed E-state index contributed by atoms with van der Waals surface area (Å²) in [5, 5.41) is 4.48. The molecule has 0 bridgehead atoms. The molecule has 7 nitrogen and oxygen atoms in total. The van der Waals surface area contributed by atoms with E-state index in [2.05, 4.69) is 15.6 Å². The summed E-state index contributed by atoms with van der Waals surface area (Å²) in [4.78, 5) is 39.1. The summed E-state index contributed by atoms with van der Waals surface area (Å²) >= 11 is 0.860. The first-order chi connectivity index (χ1) is 12.5. The second kappa shape index (κ2) is 7.83. The second-order valence-electron chi connectivity index (χ2n) is 5.42. The fourth-order valence-corrected chi connectivity index (χ4v) is 2.86. The number of benzene rings is 1. The molecule has 1 aliphatic heterocycles. The minimum atomic E-state index is -0.401. The fourth-order valence-electron chi connectivity index (χ4n) is 2.17. The largest absolute Gasteiger partial charge is 0.484 e. The van der Waals surface area contributed by atoms with Crippen LogP contribution in [0.2, 0.25) is 0 Å². The van der Waals surface area contributed by atoms with Crippen LogP contribution in [0, 0.1) is 6.92 Å². The van der Waals surface area contributed by atoms with Crippen molar-refractivity contribution in [3.05, 3.63) is 58.6 Å². The number of nitrogens with one attached hydrogen (secondary N) is 2. The molecule has 2 aromatic rings. The molecule has 1 fully saturated rings. The van der Waals surface area contributed by atoms with Crippen molar-refractivity contribution in [2.75, 3.05) is 11.9 Å². The Bertz CT molecular complexity index is 894. The van der Waals surface area contributed by atoms with Crippen molar-refractivity contribution < 1.29 is 19.1 Å². The first-order valence-electron chi connectivity index (χ1n) is 7.71. The van der Waals surface area contributed by atoms with Crippen LogP contribution in [0.25, 0.3) is 6.08 Å². The number of hydrogen-bond donors (Lipinski definition) is 2. The van der Waals surface area contributed by atoms with E-state index in [-0.39, 0.29) is 17.8 Å². The summed E-state index contributed by atoms with van der Waals surface area (Å²) < 4.78 is 5.43. The SMILES string of the molecule is Cc1cccc(NC(=O)COc2ccc(/C=C3\SC(=O)NC3=O)cc2)n1. The molecule has 0 unspecified atom stereocenters. The summed E-state index contributed by atoms with van der Waals surface area (Å²) in [5.41, 5.74) is 1.56. The van der Waals surface area contributed by atoms with Gasteiger partial charge in [-0.15, -0.1) is 0 Å². The predicted octanol–water partition coefficient (Wildman–Crippen LogP) is 2.73. The number of ether oxygens (including phenoxy) is 1. The number of amides is 3. The molecule has 0 saturated carbocycles. The van der Waals surface area contributed by atoms with Gasteiger partial charge in [0.2, 0.25) is 0 Å². The summed E-state index contributed by atoms with van der Waals surface area (Å²) in [6.07, 6.45) is 1.62. The molecule has 1 aromatic carbocycles. The minimum absolute atomic E-state index is 0.150. The maximum Gasteiger partial charge on any atom is 0.290 e. The summed E-state index contributed by atoms with van der Waals surface area (Å²) in [7, 11) is 0. The zero-order valence-electron chi connectivity index (χ0n) is 13.8. The Hall–Kier alpha value is -3.13. The molecule has 132 valence electrons. The Kier molecular flexibility index (Phi) is 5.33. The van der Waals surface area contributed by atoms with Crippen LogP contribution in [0.1, 0.15) is 11.3 Å². The van der Waals surface area contributed by atoms with Gasteiger partial charge in [0.1, 0.15) is 11.6 Å². The van der Waals surface area contributed by atoms with E-state index in [9.17, 15) is 14.4 Å². The van der Waals surface area contributed by atoms with E-state index >= 15 is 0 Å². The number of aromatic nitrogens is 1. The highest BCUT2D eigenvalue weighted by atomic mass is 32.2. The Morgan fingerprint density at radius 1 is 1.23 bits per heavy atom. The first-order valence-corrected chi connectivity index (χ1v) is 8.52. The molecule has 3 rings (SSSR count). The third-order valence-corrected chi connectivity index (χ3v) is 4.16. The summed E-state index contributed by atoms with van der Waals surface area (Å²) in [5.74, 6) is 0.273. The van der Waals surface area contributed by atoms with Crippen LogP contribution >= 0.6 is 11.8 Å². The average Bonchev–Trinajstić information content (AvgIpc) is 2.91. The molecule has 0 aliphatic carbocycles. The molecule has 26 heavy (non-hydrogen) atoms. The van der Waals surface area contributed by atoms with Crippen LogP contribution in [0.4, 0.5) is 10.6 Å². The van der Waals surface area contributed by atoms with Crippen molar-refractivity contribution in [3.63, 3.8) is 0 Å². The maximum absolute atomic E-state index is 11.9. The molecular formula is C18H15N3O4S. The van der Waals surface area contributed by atoms with Gasteiger partial charge in [-0.2, -0.15) is 0 Å². The molecule has 0 spiro atoms. The number of anilines is 1. The van der Waals surface area contributed by atoms with Gasteiger partial charge in [-0.25, -0.2) is 4.98 Å². The lowest BCUT2D eigenvalue weighted by Crippen LogP contribution is -2.20.